The van der Waals surface area contributed by atoms with Crippen LogP contribution >= 0.6 is 19.6 Å². The second-order valence-electron chi connectivity index (χ2n) is 7.81. The van der Waals surface area contributed by atoms with E-state index < -0.39 is 54.9 Å². The van der Waals surface area contributed by atoms with E-state index in [1.165, 1.54) is 53.9 Å². The number of rotatable bonds is 8. The molecule has 2 aliphatic rings. The Morgan fingerprint density at radius 1 is 1.42 bits per heavy atom. The molecule has 1 fully saturated rings. The molecule has 0 bridgehead atoms. The Hall–Kier alpha value is -2.96. The minimum atomic E-state index is -4.59. The maximum atomic E-state index is 12.4. The molecule has 4 rings (SSSR count). The Morgan fingerprint density at radius 2 is 2.19 bits per heavy atom. The lowest BCUT2D eigenvalue weighted by Crippen LogP contribution is -2.37. The summed E-state index contributed by atoms with van der Waals surface area (Å²) in [6, 6.07) is 1.45. The van der Waals surface area contributed by atoms with Crippen molar-refractivity contribution in [3.05, 3.63) is 67.5 Å². The number of aryl methyl sites for hydroxylation is 1. The molecule has 1 saturated heterocycles. The van der Waals surface area contributed by atoms with Gasteiger partial charge >= 0.3 is 19.2 Å². The first-order valence-electron chi connectivity index (χ1n) is 10.4. The average Bonchev–Trinajstić information content (AvgIpc) is 3.47. The van der Waals surface area contributed by atoms with Gasteiger partial charge in [-0.3, -0.25) is 28.0 Å². The van der Waals surface area contributed by atoms with Crippen molar-refractivity contribution < 1.29 is 28.0 Å². The lowest BCUT2D eigenvalue weighted by Gasteiger charge is -2.25. The van der Waals surface area contributed by atoms with Crippen molar-refractivity contribution in [2.24, 2.45) is 0 Å². The van der Waals surface area contributed by atoms with Crippen molar-refractivity contribution in [1.29, 1.82) is 0 Å². The molecule has 0 saturated carbocycles. The largest absolute Gasteiger partial charge is 0.472 e. The summed E-state index contributed by atoms with van der Waals surface area (Å²) in [6.45, 7) is 0.638. The third kappa shape index (κ3) is 5.71. The van der Waals surface area contributed by atoms with Gasteiger partial charge in [0.05, 0.1) is 6.61 Å². The van der Waals surface area contributed by atoms with Crippen LogP contribution in [0.15, 0.2) is 45.0 Å². The number of nitrogens with two attached hydrogens (primary N) is 1. The van der Waals surface area contributed by atoms with Gasteiger partial charge in [0.25, 0.3) is 5.56 Å². The number of anilines is 1. The molecule has 0 radical (unpaired) electrons. The van der Waals surface area contributed by atoms with E-state index in [4.69, 9.17) is 30.7 Å². The van der Waals surface area contributed by atoms with Crippen molar-refractivity contribution in [2.45, 2.75) is 30.4 Å². The molecule has 1 unspecified atom stereocenters. The van der Waals surface area contributed by atoms with E-state index in [1.807, 2.05) is 0 Å². The fourth-order valence-electron chi connectivity index (χ4n) is 3.35. The number of nitrogens with one attached hydrogen (secondary N) is 1. The Labute approximate surface area is 207 Å². The van der Waals surface area contributed by atoms with Crippen LogP contribution in [0.4, 0.5) is 5.82 Å². The van der Waals surface area contributed by atoms with Crippen molar-refractivity contribution in [3.8, 4) is 12.3 Å². The third-order valence-electron chi connectivity index (χ3n) is 5.24. The molecule has 4 N–H and O–H groups in total. The number of ether oxygens (including phenoxy) is 2. The Balaban J connectivity index is 1.32. The molecule has 16 heteroatoms. The van der Waals surface area contributed by atoms with E-state index in [0.717, 1.165) is 4.57 Å². The Morgan fingerprint density at radius 3 is 2.92 bits per heavy atom. The number of terminal acetylenes is 1. The van der Waals surface area contributed by atoms with Crippen LogP contribution in [0.1, 0.15) is 18.0 Å². The zero-order chi connectivity index (χ0) is 26.1. The van der Waals surface area contributed by atoms with Crippen LogP contribution in [-0.4, -0.2) is 54.0 Å². The number of aromatic nitrogens is 4. The number of phosphoric ester groups is 1. The number of H-pyrrole nitrogens is 1. The average molecular weight is 539 g/mol. The van der Waals surface area contributed by atoms with Gasteiger partial charge in [-0.05, 0) is 25.1 Å². The van der Waals surface area contributed by atoms with Crippen molar-refractivity contribution in [2.75, 3.05) is 24.7 Å². The minimum Gasteiger partial charge on any atom is -0.383 e. The van der Waals surface area contributed by atoms with Gasteiger partial charge in [0.2, 0.25) is 0 Å². The summed E-state index contributed by atoms with van der Waals surface area (Å²) < 4.78 is 36.3. The van der Waals surface area contributed by atoms with Gasteiger partial charge in [0.15, 0.2) is 11.8 Å². The first-order chi connectivity index (χ1) is 17.0. The molecule has 14 nitrogen and oxygen atoms in total. The lowest BCUT2D eigenvalue weighted by atomic mass is 10.1. The first kappa shape index (κ1) is 26.1. The fourth-order valence-corrected chi connectivity index (χ4v) is 5.20. The van der Waals surface area contributed by atoms with Crippen LogP contribution in [0.25, 0.3) is 0 Å². The Kier molecular flexibility index (Phi) is 7.39. The molecular formula is C20H22N5O9PS. The van der Waals surface area contributed by atoms with Crippen LogP contribution < -0.4 is 22.7 Å². The van der Waals surface area contributed by atoms with Crippen molar-refractivity contribution in [1.82, 2.24) is 19.1 Å². The standard InChI is InChI=1S/C20H22N5O9PS/c1-3-20(6-4-14(34-20)25-8-12(2)17(26)23-19(25)28)11-32-35(29,30)31-9-16-33-15(10-36-16)24-7-5-13(21)22-18(24)27/h1,4-8,14-16H,9-11H2,2H3,(H,29,30)(H2,21,22,27)(H,23,26,28)/t14-,15+,16-,20+/m1/s1. The molecular weight excluding hydrogens is 517 g/mol. The van der Waals surface area contributed by atoms with Gasteiger partial charge in [-0.15, -0.1) is 18.2 Å². The number of nitrogens with zero attached hydrogens (tertiary/aromatic N) is 3. The molecule has 36 heavy (non-hydrogen) atoms. The third-order valence-corrected chi connectivity index (χ3v) is 7.26. The summed E-state index contributed by atoms with van der Waals surface area (Å²) in [6.07, 6.45) is 9.57. The number of thioether (sulfide) groups is 1. The van der Waals surface area contributed by atoms with E-state index in [9.17, 15) is 23.8 Å². The second-order valence-corrected chi connectivity index (χ2v) is 10.5. The van der Waals surface area contributed by atoms with Gasteiger partial charge in [-0.2, -0.15) is 4.98 Å². The molecule has 0 aliphatic carbocycles. The van der Waals surface area contributed by atoms with Gasteiger partial charge in [0.1, 0.15) is 24.1 Å². The lowest BCUT2D eigenvalue weighted by molar-refractivity contribution is -0.0531. The summed E-state index contributed by atoms with van der Waals surface area (Å²) in [5.41, 5.74) is 1.71. The highest BCUT2D eigenvalue weighted by Gasteiger charge is 2.39. The monoisotopic (exact) mass is 539 g/mol. The zero-order valence-electron chi connectivity index (χ0n) is 18.8. The first-order valence-corrected chi connectivity index (χ1v) is 13.0. The van der Waals surface area contributed by atoms with Crippen molar-refractivity contribution >= 4 is 25.4 Å². The van der Waals surface area contributed by atoms with E-state index >= 15 is 0 Å². The molecule has 2 aromatic rings. The van der Waals surface area contributed by atoms with Crippen LogP contribution in [0, 0.1) is 19.3 Å². The maximum Gasteiger partial charge on any atom is 0.472 e. The van der Waals surface area contributed by atoms with E-state index in [0.29, 0.717) is 5.75 Å². The minimum absolute atomic E-state index is 0.0816. The van der Waals surface area contributed by atoms with Crippen molar-refractivity contribution in [3.63, 3.8) is 0 Å². The Bertz CT molecular complexity index is 1450. The summed E-state index contributed by atoms with van der Waals surface area (Å²) in [7, 11) is -4.59. The number of hydrogen-bond acceptors (Lipinski definition) is 11. The molecule has 0 spiro atoms. The van der Waals surface area contributed by atoms with Crippen LogP contribution in [0.5, 0.6) is 0 Å². The highest BCUT2D eigenvalue weighted by atomic mass is 32.2. The summed E-state index contributed by atoms with van der Waals surface area (Å²) in [4.78, 5) is 51.6. The topological polar surface area (TPSA) is 190 Å². The summed E-state index contributed by atoms with van der Waals surface area (Å²) in [5.74, 6) is 2.80. The molecule has 2 aromatic heterocycles. The predicted octanol–water partition coefficient (Wildman–Crippen LogP) is -0.137. The molecule has 0 amide bonds. The molecule has 4 heterocycles. The number of hydrogen-bond donors (Lipinski definition) is 3. The normalized spacial score (nSPS) is 27.1. The summed E-state index contributed by atoms with van der Waals surface area (Å²) in [5, 5.41) is 0. The van der Waals surface area contributed by atoms with E-state index in [2.05, 4.69) is 15.9 Å². The molecule has 0 aromatic carbocycles. The SMILES string of the molecule is C#C[C@@]1(COP(=O)(O)OC[C@@H]2O[C@H](n3ccc(N)nc3=O)CS2)C=C[C@H](n2cc(C)c(=O)[nH]c2=O)O1. The number of nitrogen functional groups attached to an aromatic ring is 1. The predicted molar refractivity (Wildman–Crippen MR) is 128 cm³/mol. The number of phosphoric acid groups is 1. The smallest absolute Gasteiger partial charge is 0.383 e. The maximum absolute atomic E-state index is 12.4. The molecule has 192 valence electrons. The van der Waals surface area contributed by atoms with Gasteiger partial charge in [-0.1, -0.05) is 5.92 Å². The van der Waals surface area contributed by atoms with Crippen LogP contribution in [-0.2, 0) is 23.1 Å². The van der Waals surface area contributed by atoms with Crippen LogP contribution in [0.3, 0.4) is 0 Å². The van der Waals surface area contributed by atoms with Gasteiger partial charge in [-0.25, -0.2) is 14.2 Å². The van der Waals surface area contributed by atoms with Crippen LogP contribution in [0.2, 0.25) is 0 Å². The zero-order valence-corrected chi connectivity index (χ0v) is 20.5. The number of aromatic amines is 1. The second kappa shape index (κ2) is 10.2. The highest BCUT2D eigenvalue weighted by Crippen LogP contribution is 2.46. The van der Waals surface area contributed by atoms with Gasteiger partial charge in [0, 0.05) is 23.7 Å². The van der Waals surface area contributed by atoms with E-state index in [1.54, 1.807) is 0 Å². The van der Waals surface area contributed by atoms with Gasteiger partial charge < -0.3 is 20.1 Å². The molecule has 5 atom stereocenters. The molecule has 2 aliphatic heterocycles. The summed E-state index contributed by atoms with van der Waals surface area (Å²) >= 11 is 1.27. The van der Waals surface area contributed by atoms with E-state index in [-0.39, 0.29) is 18.0 Å². The fraction of sp³-hybridized carbons (Fsp3) is 0.400. The highest BCUT2D eigenvalue weighted by molar-refractivity contribution is 8.00. The quantitative estimate of drug-likeness (QED) is 0.229.